The Morgan fingerprint density at radius 2 is 2.36 bits per heavy atom. The van der Waals surface area contributed by atoms with Gasteiger partial charge in [-0.05, 0) is 25.5 Å². The minimum atomic E-state index is -0.833. The number of hydrogen-bond acceptors (Lipinski definition) is 5. The molecule has 6 heteroatoms. The van der Waals surface area contributed by atoms with E-state index in [0.717, 1.165) is 17.5 Å². The zero-order valence-corrected chi connectivity index (χ0v) is 13.1. The van der Waals surface area contributed by atoms with E-state index >= 15 is 0 Å². The SMILES string of the molecule is COc1cccc(C(=O)NC2(C=O)CC2c2cscn2)c1C. The molecule has 5 nitrogen and oxygen atoms in total. The molecule has 1 aliphatic rings. The zero-order valence-electron chi connectivity index (χ0n) is 12.3. The highest BCUT2D eigenvalue weighted by Gasteiger charge is 2.57. The van der Waals surface area contributed by atoms with E-state index in [-0.39, 0.29) is 11.8 Å². The summed E-state index contributed by atoms with van der Waals surface area (Å²) >= 11 is 1.49. The molecule has 1 N–H and O–H groups in total. The summed E-state index contributed by atoms with van der Waals surface area (Å²) in [5.74, 6) is 0.354. The maximum Gasteiger partial charge on any atom is 0.252 e. The number of methoxy groups -OCH3 is 1. The van der Waals surface area contributed by atoms with Crippen molar-refractivity contribution in [2.45, 2.75) is 24.8 Å². The summed E-state index contributed by atoms with van der Waals surface area (Å²) in [7, 11) is 1.57. The van der Waals surface area contributed by atoms with Crippen LogP contribution in [0.1, 0.15) is 34.0 Å². The van der Waals surface area contributed by atoms with Gasteiger partial charge < -0.3 is 14.8 Å². The van der Waals surface area contributed by atoms with E-state index in [4.69, 9.17) is 4.74 Å². The summed E-state index contributed by atoms with van der Waals surface area (Å²) < 4.78 is 5.23. The molecule has 1 aromatic heterocycles. The van der Waals surface area contributed by atoms with E-state index in [2.05, 4.69) is 10.3 Å². The van der Waals surface area contributed by atoms with Gasteiger partial charge in [0.15, 0.2) is 0 Å². The van der Waals surface area contributed by atoms with Crippen molar-refractivity contribution in [3.05, 3.63) is 45.9 Å². The molecule has 1 heterocycles. The highest BCUT2D eigenvalue weighted by Crippen LogP contribution is 2.50. The lowest BCUT2D eigenvalue weighted by Gasteiger charge is -2.15. The molecule has 0 spiro atoms. The molecule has 0 bridgehead atoms. The molecule has 1 aliphatic carbocycles. The first-order valence-electron chi connectivity index (χ1n) is 6.92. The molecule has 22 heavy (non-hydrogen) atoms. The van der Waals surface area contributed by atoms with Crippen LogP contribution in [0.25, 0.3) is 0 Å². The number of nitrogens with one attached hydrogen (secondary N) is 1. The first kappa shape index (κ1) is 14.7. The number of aromatic nitrogens is 1. The van der Waals surface area contributed by atoms with Crippen LogP contribution in [-0.2, 0) is 4.79 Å². The second kappa shape index (κ2) is 5.53. The second-order valence-corrected chi connectivity index (χ2v) is 6.13. The van der Waals surface area contributed by atoms with E-state index in [9.17, 15) is 9.59 Å². The Kier molecular flexibility index (Phi) is 3.70. The van der Waals surface area contributed by atoms with E-state index in [1.807, 2.05) is 12.3 Å². The Hall–Kier alpha value is -2.21. The van der Waals surface area contributed by atoms with E-state index in [1.54, 1.807) is 30.8 Å². The first-order valence-corrected chi connectivity index (χ1v) is 7.86. The van der Waals surface area contributed by atoms with Gasteiger partial charge in [-0.15, -0.1) is 11.3 Å². The van der Waals surface area contributed by atoms with Crippen LogP contribution in [0.15, 0.2) is 29.1 Å². The van der Waals surface area contributed by atoms with Crippen molar-refractivity contribution >= 4 is 23.5 Å². The van der Waals surface area contributed by atoms with Crippen LogP contribution in [0.3, 0.4) is 0 Å². The molecule has 1 saturated carbocycles. The van der Waals surface area contributed by atoms with Gasteiger partial charge in [0, 0.05) is 22.4 Å². The molecule has 114 valence electrons. The number of hydrogen-bond donors (Lipinski definition) is 1. The van der Waals surface area contributed by atoms with Crippen LogP contribution in [-0.4, -0.2) is 29.8 Å². The minimum absolute atomic E-state index is 0.0360. The molecule has 0 saturated heterocycles. The average molecular weight is 316 g/mol. The quantitative estimate of drug-likeness (QED) is 0.860. The Balaban J connectivity index is 1.81. The second-order valence-electron chi connectivity index (χ2n) is 5.42. The molecular formula is C16H16N2O3S. The van der Waals surface area contributed by atoms with Gasteiger partial charge in [-0.3, -0.25) is 4.79 Å². The number of aldehydes is 1. The van der Waals surface area contributed by atoms with E-state index in [0.29, 0.717) is 17.7 Å². The van der Waals surface area contributed by atoms with Crippen LogP contribution in [0.4, 0.5) is 0 Å². The lowest BCUT2D eigenvalue weighted by atomic mass is 10.1. The van der Waals surface area contributed by atoms with Gasteiger partial charge in [-0.25, -0.2) is 4.98 Å². The molecule has 0 radical (unpaired) electrons. The Morgan fingerprint density at radius 3 is 3.00 bits per heavy atom. The molecule has 0 aliphatic heterocycles. The third-order valence-electron chi connectivity index (χ3n) is 4.12. The standard InChI is InChI=1S/C16H16N2O3S/c1-10-11(4-3-5-14(10)21-2)15(20)18-16(8-19)6-12(16)13-7-22-9-17-13/h3-5,7-9,12H,6H2,1-2H3,(H,18,20). The van der Waals surface area contributed by atoms with Crippen molar-refractivity contribution in [2.75, 3.05) is 7.11 Å². The summed E-state index contributed by atoms with van der Waals surface area (Å²) in [4.78, 5) is 28.3. The highest BCUT2D eigenvalue weighted by atomic mass is 32.1. The van der Waals surface area contributed by atoms with Crippen molar-refractivity contribution in [3.8, 4) is 5.75 Å². The predicted molar refractivity (Wildman–Crippen MR) is 83.5 cm³/mol. The van der Waals surface area contributed by atoms with Crippen LogP contribution < -0.4 is 10.1 Å². The van der Waals surface area contributed by atoms with Crippen molar-refractivity contribution in [2.24, 2.45) is 0 Å². The van der Waals surface area contributed by atoms with Gasteiger partial charge in [0.1, 0.15) is 17.6 Å². The summed E-state index contributed by atoms with van der Waals surface area (Å²) in [6.07, 6.45) is 1.42. The molecule has 1 aromatic carbocycles. The van der Waals surface area contributed by atoms with E-state index in [1.165, 1.54) is 11.3 Å². The van der Waals surface area contributed by atoms with Gasteiger partial charge in [-0.1, -0.05) is 6.07 Å². The molecule has 2 atom stereocenters. The number of ether oxygens (including phenoxy) is 1. The number of carbonyl (C=O) groups excluding carboxylic acids is 2. The van der Waals surface area contributed by atoms with Crippen LogP contribution in [0.2, 0.25) is 0 Å². The van der Waals surface area contributed by atoms with Gasteiger partial charge in [-0.2, -0.15) is 0 Å². The fourth-order valence-corrected chi connectivity index (χ4v) is 3.31. The topological polar surface area (TPSA) is 68.3 Å². The van der Waals surface area contributed by atoms with Crippen molar-refractivity contribution in [3.63, 3.8) is 0 Å². The number of thiazole rings is 1. The number of rotatable bonds is 5. The molecule has 2 unspecified atom stereocenters. The van der Waals surface area contributed by atoms with Crippen LogP contribution in [0.5, 0.6) is 5.75 Å². The molecule has 1 fully saturated rings. The maximum absolute atomic E-state index is 12.5. The zero-order chi connectivity index (χ0) is 15.7. The lowest BCUT2D eigenvalue weighted by Crippen LogP contribution is -2.40. The number of benzene rings is 1. The summed E-state index contributed by atoms with van der Waals surface area (Å²) in [6.45, 7) is 1.83. The monoisotopic (exact) mass is 316 g/mol. The smallest absolute Gasteiger partial charge is 0.252 e. The number of nitrogens with zero attached hydrogens (tertiary/aromatic N) is 1. The average Bonchev–Trinajstić information content (AvgIpc) is 2.97. The maximum atomic E-state index is 12.5. The summed E-state index contributed by atoms with van der Waals surface area (Å²) in [5.41, 5.74) is 3.04. The normalized spacial score (nSPS) is 22.9. The summed E-state index contributed by atoms with van der Waals surface area (Å²) in [5, 5.41) is 4.78. The van der Waals surface area contributed by atoms with Crippen LogP contribution in [0, 0.1) is 6.92 Å². The molecule has 1 amide bonds. The van der Waals surface area contributed by atoms with Crippen molar-refractivity contribution in [1.82, 2.24) is 10.3 Å². The van der Waals surface area contributed by atoms with Crippen molar-refractivity contribution < 1.29 is 14.3 Å². The fraction of sp³-hybridized carbons (Fsp3) is 0.312. The molecule has 2 aromatic rings. The Labute approximate surface area is 132 Å². The number of amides is 1. The summed E-state index contributed by atoms with van der Waals surface area (Å²) in [6, 6.07) is 5.29. The lowest BCUT2D eigenvalue weighted by molar-refractivity contribution is -0.110. The Morgan fingerprint density at radius 1 is 1.55 bits per heavy atom. The fourth-order valence-electron chi connectivity index (χ4n) is 2.70. The van der Waals surface area contributed by atoms with Gasteiger partial charge in [0.2, 0.25) is 0 Å². The van der Waals surface area contributed by atoms with Gasteiger partial charge in [0.05, 0.1) is 18.3 Å². The van der Waals surface area contributed by atoms with Crippen LogP contribution >= 0.6 is 11.3 Å². The molecule has 3 rings (SSSR count). The van der Waals surface area contributed by atoms with Crippen molar-refractivity contribution in [1.29, 1.82) is 0 Å². The Bertz CT molecular complexity index is 714. The predicted octanol–water partition coefficient (Wildman–Crippen LogP) is 2.32. The third-order valence-corrected chi connectivity index (χ3v) is 4.72. The van der Waals surface area contributed by atoms with E-state index < -0.39 is 5.54 Å². The number of carbonyl (C=O) groups is 2. The molecular weight excluding hydrogens is 300 g/mol. The largest absolute Gasteiger partial charge is 0.496 e. The third kappa shape index (κ3) is 2.39. The van der Waals surface area contributed by atoms with Gasteiger partial charge >= 0.3 is 0 Å². The minimum Gasteiger partial charge on any atom is -0.496 e. The highest BCUT2D eigenvalue weighted by molar-refractivity contribution is 7.07. The first-order chi connectivity index (χ1) is 10.6. The van der Waals surface area contributed by atoms with Gasteiger partial charge in [0.25, 0.3) is 5.91 Å².